The second kappa shape index (κ2) is 9.96. The lowest BCUT2D eigenvalue weighted by Gasteiger charge is -2.39. The van der Waals surface area contributed by atoms with E-state index in [1.54, 1.807) is 11.8 Å². The molecule has 0 fully saturated rings. The Hall–Kier alpha value is -2.57. The van der Waals surface area contributed by atoms with Crippen molar-refractivity contribution in [3.8, 4) is 11.1 Å². The summed E-state index contributed by atoms with van der Waals surface area (Å²) in [6.07, 6.45) is -0.0243. The van der Waals surface area contributed by atoms with Crippen molar-refractivity contribution in [2.75, 3.05) is 4.90 Å². The number of nitrogens with one attached hydrogen (secondary N) is 1. The van der Waals surface area contributed by atoms with E-state index in [0.29, 0.717) is 13.0 Å². The Bertz CT molecular complexity index is 899. The van der Waals surface area contributed by atoms with E-state index in [1.807, 2.05) is 57.2 Å². The third-order valence-corrected chi connectivity index (χ3v) is 5.18. The average Bonchev–Trinajstić information content (AvgIpc) is 2.67. The molecule has 3 rings (SSSR count). The van der Waals surface area contributed by atoms with Crippen LogP contribution in [0, 0.1) is 0 Å². The van der Waals surface area contributed by atoms with Gasteiger partial charge in [-0.3, -0.25) is 4.79 Å². The number of amides is 2. The number of hydrogen-bond donors (Lipinski definition) is 2. The van der Waals surface area contributed by atoms with Crippen LogP contribution in [0.25, 0.3) is 11.1 Å². The van der Waals surface area contributed by atoms with Crippen LogP contribution in [-0.2, 0) is 16.1 Å². The Kier molecular flexibility index (Phi) is 7.87. The predicted octanol–water partition coefficient (Wildman–Crippen LogP) is 4.55. The number of anilines is 1. The summed E-state index contributed by atoms with van der Waals surface area (Å²) in [4.78, 5) is 26.3. The SMILES string of the molecule is CC(=O)N1c2ccc(-c3ccc(CN)cc3)cc2[C@@H](NC(=O)OC(C)C)C[C@H]1C.Cl. The molecule has 2 amide bonds. The molecule has 2 atom stereocenters. The van der Waals surface area contributed by atoms with Gasteiger partial charge in [-0.05, 0) is 61.6 Å². The molecule has 162 valence electrons. The van der Waals surface area contributed by atoms with E-state index in [1.165, 1.54) is 0 Å². The molecule has 6 nitrogen and oxygen atoms in total. The molecule has 0 saturated heterocycles. The summed E-state index contributed by atoms with van der Waals surface area (Å²) < 4.78 is 5.28. The first-order chi connectivity index (χ1) is 13.8. The molecule has 0 unspecified atom stereocenters. The van der Waals surface area contributed by atoms with Crippen LogP contribution >= 0.6 is 12.4 Å². The second-order valence-electron chi connectivity index (χ2n) is 7.80. The van der Waals surface area contributed by atoms with Crippen LogP contribution in [0.2, 0.25) is 0 Å². The number of halogens is 1. The molecule has 0 saturated carbocycles. The summed E-state index contributed by atoms with van der Waals surface area (Å²) in [6.45, 7) is 7.70. The van der Waals surface area contributed by atoms with Crippen molar-refractivity contribution >= 4 is 30.1 Å². The van der Waals surface area contributed by atoms with Crippen LogP contribution in [0.1, 0.15) is 51.3 Å². The number of ether oxygens (including phenoxy) is 1. The number of alkyl carbamates (subject to hydrolysis) is 1. The van der Waals surface area contributed by atoms with Gasteiger partial charge in [0.1, 0.15) is 0 Å². The van der Waals surface area contributed by atoms with Crippen LogP contribution in [0.5, 0.6) is 0 Å². The molecule has 0 spiro atoms. The Balaban J connectivity index is 0.00000320. The van der Waals surface area contributed by atoms with Gasteiger partial charge < -0.3 is 20.7 Å². The van der Waals surface area contributed by atoms with Crippen LogP contribution in [0.4, 0.5) is 10.5 Å². The van der Waals surface area contributed by atoms with Gasteiger partial charge in [0.2, 0.25) is 5.91 Å². The minimum atomic E-state index is -0.447. The van der Waals surface area contributed by atoms with E-state index in [2.05, 4.69) is 11.4 Å². The van der Waals surface area contributed by atoms with Crippen LogP contribution in [0.15, 0.2) is 42.5 Å². The lowest BCUT2D eigenvalue weighted by Crippen LogP contribution is -2.45. The monoisotopic (exact) mass is 431 g/mol. The van der Waals surface area contributed by atoms with Gasteiger partial charge in [-0.2, -0.15) is 0 Å². The Morgan fingerprint density at radius 1 is 1.17 bits per heavy atom. The maximum atomic E-state index is 12.3. The molecule has 7 heteroatoms. The maximum absolute atomic E-state index is 12.3. The molecule has 0 aliphatic carbocycles. The maximum Gasteiger partial charge on any atom is 0.407 e. The van der Waals surface area contributed by atoms with Gasteiger partial charge in [-0.25, -0.2) is 4.79 Å². The zero-order chi connectivity index (χ0) is 21.1. The van der Waals surface area contributed by atoms with Gasteiger partial charge in [-0.15, -0.1) is 12.4 Å². The Labute approximate surface area is 184 Å². The number of carbonyl (C=O) groups is 2. The van der Waals surface area contributed by atoms with Crippen molar-refractivity contribution in [1.82, 2.24) is 5.32 Å². The fourth-order valence-electron chi connectivity index (χ4n) is 3.88. The third kappa shape index (κ3) is 5.12. The van der Waals surface area contributed by atoms with Crippen molar-refractivity contribution in [3.05, 3.63) is 53.6 Å². The number of hydrogen-bond acceptors (Lipinski definition) is 4. The summed E-state index contributed by atoms with van der Waals surface area (Å²) >= 11 is 0. The van der Waals surface area contributed by atoms with Crippen molar-refractivity contribution in [2.24, 2.45) is 5.73 Å². The van der Waals surface area contributed by atoms with Crippen LogP contribution < -0.4 is 16.0 Å². The van der Waals surface area contributed by atoms with Gasteiger partial charge in [0.25, 0.3) is 0 Å². The van der Waals surface area contributed by atoms with E-state index in [4.69, 9.17) is 10.5 Å². The first kappa shape index (κ1) is 23.7. The normalized spacial score (nSPS) is 17.7. The lowest BCUT2D eigenvalue weighted by atomic mass is 9.89. The molecule has 3 N–H and O–H groups in total. The van der Waals surface area contributed by atoms with Gasteiger partial charge in [0.05, 0.1) is 12.1 Å². The molecular formula is C23H30ClN3O3. The smallest absolute Gasteiger partial charge is 0.407 e. The lowest BCUT2D eigenvalue weighted by molar-refractivity contribution is -0.117. The molecule has 0 radical (unpaired) electrons. The highest BCUT2D eigenvalue weighted by molar-refractivity contribution is 5.94. The van der Waals surface area contributed by atoms with Gasteiger partial charge >= 0.3 is 6.09 Å². The van der Waals surface area contributed by atoms with E-state index in [-0.39, 0.29) is 36.5 Å². The molecule has 2 aromatic carbocycles. The zero-order valence-corrected chi connectivity index (χ0v) is 18.7. The minimum Gasteiger partial charge on any atom is -0.447 e. The first-order valence-corrected chi connectivity index (χ1v) is 10.0. The minimum absolute atomic E-state index is 0. The fourth-order valence-corrected chi connectivity index (χ4v) is 3.88. The third-order valence-electron chi connectivity index (χ3n) is 5.18. The molecular weight excluding hydrogens is 402 g/mol. The summed E-state index contributed by atoms with van der Waals surface area (Å²) in [7, 11) is 0. The summed E-state index contributed by atoms with van der Waals surface area (Å²) in [5.41, 5.74) is 10.6. The highest BCUT2D eigenvalue weighted by Crippen LogP contribution is 2.39. The quantitative estimate of drug-likeness (QED) is 0.743. The Morgan fingerprint density at radius 3 is 2.37 bits per heavy atom. The zero-order valence-electron chi connectivity index (χ0n) is 17.8. The van der Waals surface area contributed by atoms with E-state index in [9.17, 15) is 9.59 Å². The predicted molar refractivity (Wildman–Crippen MR) is 122 cm³/mol. The number of nitrogens with two attached hydrogens (primary N) is 1. The largest absolute Gasteiger partial charge is 0.447 e. The highest BCUT2D eigenvalue weighted by Gasteiger charge is 2.33. The topological polar surface area (TPSA) is 84.7 Å². The molecule has 30 heavy (non-hydrogen) atoms. The molecule has 1 aliphatic heterocycles. The van der Waals surface area contributed by atoms with Crippen molar-refractivity contribution in [2.45, 2.75) is 58.8 Å². The standard InChI is InChI=1S/C23H29N3O3.ClH/c1-14(2)29-23(28)25-21-11-15(3)26(16(4)27)22-10-9-19(12-20(21)22)18-7-5-17(13-24)6-8-18;/h5-10,12,14-15,21H,11,13,24H2,1-4H3,(H,25,28);1H/t15-,21+;/m1./s1. The number of benzene rings is 2. The number of rotatable bonds is 4. The highest BCUT2D eigenvalue weighted by atomic mass is 35.5. The molecule has 2 aromatic rings. The number of nitrogens with zero attached hydrogens (tertiary/aromatic N) is 1. The molecule has 0 bridgehead atoms. The van der Waals surface area contributed by atoms with E-state index in [0.717, 1.165) is 27.9 Å². The van der Waals surface area contributed by atoms with Crippen LogP contribution in [0.3, 0.4) is 0 Å². The van der Waals surface area contributed by atoms with Crippen LogP contribution in [-0.4, -0.2) is 24.1 Å². The molecule has 1 aliphatic rings. The summed E-state index contributed by atoms with van der Waals surface area (Å²) in [6, 6.07) is 13.8. The molecule has 0 aromatic heterocycles. The number of carbonyl (C=O) groups excluding carboxylic acids is 2. The van der Waals surface area contributed by atoms with Gasteiger partial charge in [-0.1, -0.05) is 30.3 Å². The van der Waals surface area contributed by atoms with Crippen molar-refractivity contribution in [3.63, 3.8) is 0 Å². The summed E-state index contributed by atoms with van der Waals surface area (Å²) in [5, 5.41) is 2.98. The second-order valence-corrected chi connectivity index (χ2v) is 7.80. The van der Waals surface area contributed by atoms with E-state index >= 15 is 0 Å². The Morgan fingerprint density at radius 2 is 1.80 bits per heavy atom. The summed E-state index contributed by atoms with van der Waals surface area (Å²) in [5.74, 6) is -0.0120. The number of fused-ring (bicyclic) bond motifs is 1. The van der Waals surface area contributed by atoms with Crippen molar-refractivity contribution in [1.29, 1.82) is 0 Å². The van der Waals surface area contributed by atoms with E-state index < -0.39 is 6.09 Å². The fraction of sp³-hybridized carbons (Fsp3) is 0.391. The van der Waals surface area contributed by atoms with Gasteiger partial charge in [0, 0.05) is 25.2 Å². The molecule has 1 heterocycles. The van der Waals surface area contributed by atoms with Crippen molar-refractivity contribution < 1.29 is 14.3 Å². The first-order valence-electron chi connectivity index (χ1n) is 10.0. The average molecular weight is 432 g/mol. The van der Waals surface area contributed by atoms with Gasteiger partial charge in [0.15, 0.2) is 0 Å².